The molecule has 0 saturated heterocycles. The summed E-state index contributed by atoms with van der Waals surface area (Å²) in [5.74, 6) is -1.76. The molecule has 2 aromatic rings. The molecule has 0 aliphatic carbocycles. The molecule has 2 aromatic carbocycles. The Morgan fingerprint density at radius 3 is 2.25 bits per heavy atom. The molecule has 0 saturated carbocycles. The van der Waals surface area contributed by atoms with Crippen molar-refractivity contribution in [3.05, 3.63) is 59.2 Å². The molecular weight excluding hydrogens is 401 g/mol. The predicted molar refractivity (Wildman–Crippen MR) is 92.9 cm³/mol. The Kier molecular flexibility index (Phi) is 6.10. The molecule has 0 fully saturated rings. The van der Waals surface area contributed by atoms with Crippen LogP contribution in [-0.2, 0) is 25.7 Å². The van der Waals surface area contributed by atoms with E-state index in [4.69, 9.17) is 9.88 Å². The van der Waals surface area contributed by atoms with Crippen LogP contribution in [0.2, 0.25) is 0 Å². The van der Waals surface area contributed by atoms with Gasteiger partial charge in [-0.15, -0.1) is 0 Å². The minimum Gasteiger partial charge on any atom is -0.452 e. The summed E-state index contributed by atoms with van der Waals surface area (Å²) >= 11 is 0. The number of alkyl halides is 3. The number of sulfonamides is 1. The molecule has 7 nitrogen and oxygen atoms in total. The van der Waals surface area contributed by atoms with Crippen molar-refractivity contribution in [3.63, 3.8) is 0 Å². The predicted octanol–water partition coefficient (Wildman–Crippen LogP) is 2.46. The zero-order valence-corrected chi connectivity index (χ0v) is 15.2. The van der Waals surface area contributed by atoms with Crippen molar-refractivity contribution in [1.82, 2.24) is 0 Å². The van der Waals surface area contributed by atoms with Crippen LogP contribution in [0.4, 0.5) is 18.9 Å². The van der Waals surface area contributed by atoms with Crippen LogP contribution < -0.4 is 10.5 Å². The second kappa shape index (κ2) is 7.98. The maximum Gasteiger partial charge on any atom is 0.416 e. The quantitative estimate of drug-likeness (QED) is 0.727. The fraction of sp³-hybridized carbons (Fsp3) is 0.176. The normalized spacial score (nSPS) is 11.8. The van der Waals surface area contributed by atoms with E-state index in [2.05, 4.69) is 5.32 Å². The average molecular weight is 416 g/mol. The van der Waals surface area contributed by atoms with Crippen LogP contribution in [0.15, 0.2) is 47.4 Å². The molecule has 0 radical (unpaired) electrons. The summed E-state index contributed by atoms with van der Waals surface area (Å²) in [5.41, 5.74) is -0.584. The standard InChI is InChI=1S/C17H15F3N2O5S/c1-10-2-7-13(8-14(10)28(21,25)26)22-15(23)9-27-16(24)11-3-5-12(6-4-11)17(18,19)20/h2-8H,9H2,1H3,(H,22,23)(H2,21,25,26). The number of amides is 1. The zero-order valence-electron chi connectivity index (χ0n) is 14.4. The SMILES string of the molecule is Cc1ccc(NC(=O)COC(=O)c2ccc(C(F)(F)F)cc2)cc1S(N)(=O)=O. The second-order valence-electron chi connectivity index (χ2n) is 5.72. The third-order valence-corrected chi connectivity index (χ3v) is 4.61. The molecule has 0 unspecified atom stereocenters. The van der Waals surface area contributed by atoms with Crippen molar-refractivity contribution in [2.45, 2.75) is 18.0 Å². The van der Waals surface area contributed by atoms with Crippen LogP contribution in [0.25, 0.3) is 0 Å². The fourth-order valence-corrected chi connectivity index (χ4v) is 3.00. The highest BCUT2D eigenvalue weighted by Gasteiger charge is 2.30. The molecule has 11 heteroatoms. The van der Waals surface area contributed by atoms with E-state index in [0.717, 1.165) is 30.3 Å². The Balaban J connectivity index is 1.98. The molecule has 28 heavy (non-hydrogen) atoms. The van der Waals surface area contributed by atoms with Gasteiger partial charge in [-0.25, -0.2) is 18.4 Å². The summed E-state index contributed by atoms with van der Waals surface area (Å²) < 4.78 is 65.2. The molecule has 2 rings (SSSR count). The van der Waals surface area contributed by atoms with Gasteiger partial charge in [0, 0.05) is 5.69 Å². The number of carbonyl (C=O) groups is 2. The zero-order chi connectivity index (χ0) is 21.1. The van der Waals surface area contributed by atoms with Gasteiger partial charge in [-0.2, -0.15) is 13.2 Å². The fourth-order valence-electron chi connectivity index (χ4n) is 2.19. The number of hydrogen-bond acceptors (Lipinski definition) is 5. The van der Waals surface area contributed by atoms with Crippen molar-refractivity contribution < 1.29 is 35.9 Å². The van der Waals surface area contributed by atoms with Gasteiger partial charge in [0.05, 0.1) is 16.0 Å². The number of rotatable bonds is 5. The maximum absolute atomic E-state index is 12.5. The van der Waals surface area contributed by atoms with Crippen molar-refractivity contribution in [3.8, 4) is 0 Å². The van der Waals surface area contributed by atoms with Crippen LogP contribution in [0, 0.1) is 6.92 Å². The van der Waals surface area contributed by atoms with E-state index in [9.17, 15) is 31.2 Å². The maximum atomic E-state index is 12.5. The number of benzene rings is 2. The number of nitrogens with one attached hydrogen (secondary N) is 1. The molecule has 0 bridgehead atoms. The first-order valence-corrected chi connectivity index (χ1v) is 9.20. The van der Waals surface area contributed by atoms with Gasteiger partial charge >= 0.3 is 12.1 Å². The van der Waals surface area contributed by atoms with Gasteiger partial charge in [-0.1, -0.05) is 6.07 Å². The molecule has 1 amide bonds. The van der Waals surface area contributed by atoms with E-state index in [0.29, 0.717) is 5.56 Å². The van der Waals surface area contributed by atoms with E-state index in [1.54, 1.807) is 0 Å². The van der Waals surface area contributed by atoms with Crippen LogP contribution in [-0.4, -0.2) is 26.9 Å². The van der Waals surface area contributed by atoms with Crippen LogP contribution in [0.1, 0.15) is 21.5 Å². The topological polar surface area (TPSA) is 116 Å². The largest absolute Gasteiger partial charge is 0.452 e. The number of ether oxygens (including phenoxy) is 1. The molecule has 0 aliphatic rings. The Hall–Kier alpha value is -2.92. The number of hydrogen-bond donors (Lipinski definition) is 2. The van der Waals surface area contributed by atoms with Crippen LogP contribution in [0.3, 0.4) is 0 Å². The molecule has 3 N–H and O–H groups in total. The highest BCUT2D eigenvalue weighted by molar-refractivity contribution is 7.89. The van der Waals surface area contributed by atoms with Crippen LogP contribution in [0.5, 0.6) is 0 Å². The van der Waals surface area contributed by atoms with Gasteiger partial charge in [-0.3, -0.25) is 4.79 Å². The molecule has 0 spiro atoms. The monoisotopic (exact) mass is 416 g/mol. The number of halogens is 3. The van der Waals surface area contributed by atoms with E-state index < -0.39 is 40.2 Å². The van der Waals surface area contributed by atoms with Crippen molar-refractivity contribution in [2.75, 3.05) is 11.9 Å². The summed E-state index contributed by atoms with van der Waals surface area (Å²) in [6, 6.07) is 7.32. The van der Waals surface area contributed by atoms with Crippen molar-refractivity contribution in [2.24, 2.45) is 5.14 Å². The van der Waals surface area contributed by atoms with E-state index in [1.807, 2.05) is 0 Å². The number of primary sulfonamides is 1. The molecule has 0 atom stereocenters. The lowest BCUT2D eigenvalue weighted by atomic mass is 10.1. The smallest absolute Gasteiger partial charge is 0.416 e. The van der Waals surface area contributed by atoms with Crippen LogP contribution >= 0.6 is 0 Å². The van der Waals surface area contributed by atoms with Crippen molar-refractivity contribution in [1.29, 1.82) is 0 Å². The van der Waals surface area contributed by atoms with E-state index in [-0.39, 0.29) is 16.1 Å². The third kappa shape index (κ3) is 5.54. The molecular formula is C17H15F3N2O5S. The minimum absolute atomic E-state index is 0.116. The van der Waals surface area contributed by atoms with E-state index >= 15 is 0 Å². The molecule has 150 valence electrons. The van der Waals surface area contributed by atoms with Gasteiger partial charge in [0.25, 0.3) is 5.91 Å². The highest BCUT2D eigenvalue weighted by atomic mass is 32.2. The second-order valence-corrected chi connectivity index (χ2v) is 7.25. The summed E-state index contributed by atoms with van der Waals surface area (Å²) in [6.45, 7) is 0.801. The Bertz CT molecular complexity index is 1000. The van der Waals surface area contributed by atoms with Gasteiger partial charge in [0.15, 0.2) is 6.61 Å². The first-order valence-electron chi connectivity index (χ1n) is 7.65. The molecule has 0 aliphatic heterocycles. The lowest BCUT2D eigenvalue weighted by Gasteiger charge is -2.10. The number of esters is 1. The summed E-state index contributed by atoms with van der Waals surface area (Å²) in [5, 5.41) is 7.41. The Labute approximate surface area is 158 Å². The number of nitrogens with two attached hydrogens (primary N) is 1. The summed E-state index contributed by atoms with van der Waals surface area (Å²) in [6.07, 6.45) is -4.54. The Morgan fingerprint density at radius 1 is 1.11 bits per heavy atom. The summed E-state index contributed by atoms with van der Waals surface area (Å²) in [4.78, 5) is 23.5. The first-order chi connectivity index (χ1) is 12.9. The van der Waals surface area contributed by atoms with Crippen molar-refractivity contribution >= 4 is 27.6 Å². The highest BCUT2D eigenvalue weighted by Crippen LogP contribution is 2.29. The lowest BCUT2D eigenvalue weighted by Crippen LogP contribution is -2.21. The first kappa shape index (κ1) is 21.4. The molecule has 0 aromatic heterocycles. The van der Waals surface area contributed by atoms with Gasteiger partial charge < -0.3 is 10.1 Å². The lowest BCUT2D eigenvalue weighted by molar-refractivity contribution is -0.137. The Morgan fingerprint density at radius 2 is 1.71 bits per heavy atom. The average Bonchev–Trinajstić information content (AvgIpc) is 2.59. The molecule has 0 heterocycles. The third-order valence-electron chi connectivity index (χ3n) is 3.56. The number of anilines is 1. The van der Waals surface area contributed by atoms with Gasteiger partial charge in [-0.05, 0) is 48.9 Å². The number of carbonyl (C=O) groups excluding carboxylic acids is 2. The minimum atomic E-state index is -4.54. The van der Waals surface area contributed by atoms with E-state index in [1.165, 1.54) is 19.1 Å². The summed E-state index contributed by atoms with van der Waals surface area (Å²) in [7, 11) is -3.98. The van der Waals surface area contributed by atoms with Gasteiger partial charge in [0.2, 0.25) is 10.0 Å². The number of aryl methyl sites for hydroxylation is 1. The van der Waals surface area contributed by atoms with Gasteiger partial charge in [0.1, 0.15) is 0 Å².